The maximum atomic E-state index is 12.1. The number of halogens is 3. The van der Waals surface area contributed by atoms with Crippen molar-refractivity contribution >= 4 is 5.97 Å². The van der Waals surface area contributed by atoms with Crippen LogP contribution in [0.1, 0.15) is 19.3 Å². The van der Waals surface area contributed by atoms with E-state index < -0.39 is 24.0 Å². The first-order chi connectivity index (χ1) is 5.43. The van der Waals surface area contributed by atoms with Gasteiger partial charge in [0.05, 0.1) is 11.8 Å². The maximum absolute atomic E-state index is 12.1. The summed E-state index contributed by atoms with van der Waals surface area (Å²) in [6.45, 7) is 0. The highest BCUT2D eigenvalue weighted by Gasteiger charge is 2.49. The molecule has 1 aliphatic carbocycles. The lowest BCUT2D eigenvalue weighted by Crippen LogP contribution is -2.30. The van der Waals surface area contributed by atoms with E-state index in [1.165, 1.54) is 0 Å². The fraction of sp³-hybridized carbons (Fsp3) is 0.857. The average molecular weight is 182 g/mol. The first-order valence-electron chi connectivity index (χ1n) is 3.72. The molecule has 1 rings (SSSR count). The van der Waals surface area contributed by atoms with Gasteiger partial charge in [-0.3, -0.25) is 4.79 Å². The average Bonchev–Trinajstić information content (AvgIpc) is 2.30. The Morgan fingerprint density at radius 2 is 1.92 bits per heavy atom. The summed E-state index contributed by atoms with van der Waals surface area (Å²) >= 11 is 0. The molecule has 0 aromatic heterocycles. The van der Waals surface area contributed by atoms with Gasteiger partial charge in [-0.1, -0.05) is 6.42 Å². The maximum Gasteiger partial charge on any atom is 0.392 e. The number of hydrogen-bond acceptors (Lipinski definition) is 1. The summed E-state index contributed by atoms with van der Waals surface area (Å²) in [5, 5.41) is 8.45. The van der Waals surface area contributed by atoms with Crippen LogP contribution in [0.2, 0.25) is 0 Å². The number of carboxylic acids is 1. The second kappa shape index (κ2) is 2.95. The highest BCUT2D eigenvalue weighted by atomic mass is 19.4. The van der Waals surface area contributed by atoms with Gasteiger partial charge >= 0.3 is 12.1 Å². The van der Waals surface area contributed by atoms with Gasteiger partial charge in [0.25, 0.3) is 0 Å². The molecule has 0 aromatic carbocycles. The highest BCUT2D eigenvalue weighted by molar-refractivity contribution is 5.70. The molecule has 0 radical (unpaired) electrons. The smallest absolute Gasteiger partial charge is 0.392 e. The number of aliphatic carboxylic acids is 1. The van der Waals surface area contributed by atoms with Crippen LogP contribution in [0.15, 0.2) is 0 Å². The molecule has 0 spiro atoms. The molecule has 0 aromatic rings. The topological polar surface area (TPSA) is 37.3 Å². The van der Waals surface area contributed by atoms with E-state index in [0.29, 0.717) is 6.42 Å². The van der Waals surface area contributed by atoms with Crippen molar-refractivity contribution < 1.29 is 23.1 Å². The summed E-state index contributed by atoms with van der Waals surface area (Å²) in [6, 6.07) is 0. The van der Waals surface area contributed by atoms with Crippen LogP contribution in [0.3, 0.4) is 0 Å². The SMILES string of the molecule is O=C(O)[C@H]1CCC[C@@H]1C(F)(F)F. The van der Waals surface area contributed by atoms with Crippen LogP contribution >= 0.6 is 0 Å². The standard InChI is InChI=1S/C7H9F3O2/c8-7(9,10)5-3-1-2-4(5)6(11)12/h4-5H,1-3H2,(H,11,12)/t4-,5-/m0/s1. The van der Waals surface area contributed by atoms with Crippen LogP contribution in [0.4, 0.5) is 13.2 Å². The fourth-order valence-electron chi connectivity index (χ4n) is 1.65. The van der Waals surface area contributed by atoms with E-state index in [2.05, 4.69) is 0 Å². The van der Waals surface area contributed by atoms with Gasteiger partial charge < -0.3 is 5.11 Å². The van der Waals surface area contributed by atoms with E-state index in [0.717, 1.165) is 0 Å². The number of carbonyl (C=O) groups is 1. The molecule has 70 valence electrons. The van der Waals surface area contributed by atoms with Crippen molar-refractivity contribution in [2.45, 2.75) is 25.4 Å². The van der Waals surface area contributed by atoms with Crippen molar-refractivity contribution in [3.63, 3.8) is 0 Å². The summed E-state index contributed by atoms with van der Waals surface area (Å²) < 4.78 is 36.3. The van der Waals surface area contributed by atoms with Crippen molar-refractivity contribution in [3.05, 3.63) is 0 Å². The summed E-state index contributed by atoms with van der Waals surface area (Å²) in [6.07, 6.45) is -3.87. The molecule has 0 amide bonds. The Hall–Kier alpha value is -0.740. The van der Waals surface area contributed by atoms with Crippen molar-refractivity contribution in [2.24, 2.45) is 11.8 Å². The fourth-order valence-corrected chi connectivity index (χ4v) is 1.65. The van der Waals surface area contributed by atoms with E-state index in [1.807, 2.05) is 0 Å². The van der Waals surface area contributed by atoms with Gasteiger partial charge in [0.1, 0.15) is 0 Å². The van der Waals surface area contributed by atoms with Gasteiger partial charge in [-0.15, -0.1) is 0 Å². The molecule has 0 heterocycles. The molecule has 1 aliphatic rings. The Labute approximate surface area is 67.4 Å². The molecule has 1 fully saturated rings. The Balaban J connectivity index is 2.71. The van der Waals surface area contributed by atoms with Crippen molar-refractivity contribution in [1.82, 2.24) is 0 Å². The molecule has 1 saturated carbocycles. The van der Waals surface area contributed by atoms with Gasteiger partial charge in [0, 0.05) is 0 Å². The van der Waals surface area contributed by atoms with Gasteiger partial charge in [0.15, 0.2) is 0 Å². The zero-order valence-corrected chi connectivity index (χ0v) is 6.27. The van der Waals surface area contributed by atoms with Crippen LogP contribution in [-0.4, -0.2) is 17.3 Å². The third kappa shape index (κ3) is 1.70. The highest BCUT2D eigenvalue weighted by Crippen LogP contribution is 2.42. The van der Waals surface area contributed by atoms with E-state index in [-0.39, 0.29) is 12.8 Å². The number of carboxylic acid groups (broad SMARTS) is 1. The zero-order chi connectivity index (χ0) is 9.35. The van der Waals surface area contributed by atoms with Gasteiger partial charge in [-0.05, 0) is 12.8 Å². The Morgan fingerprint density at radius 1 is 1.33 bits per heavy atom. The molecular formula is C7H9F3O2. The lowest BCUT2D eigenvalue weighted by molar-refractivity contribution is -0.191. The second-order valence-electron chi connectivity index (χ2n) is 3.02. The molecule has 2 nitrogen and oxygen atoms in total. The molecule has 5 heteroatoms. The molecule has 12 heavy (non-hydrogen) atoms. The van der Waals surface area contributed by atoms with Gasteiger partial charge in [-0.25, -0.2) is 0 Å². The third-order valence-electron chi connectivity index (χ3n) is 2.25. The lowest BCUT2D eigenvalue weighted by Gasteiger charge is -2.18. The van der Waals surface area contributed by atoms with E-state index in [1.54, 1.807) is 0 Å². The third-order valence-corrected chi connectivity index (χ3v) is 2.25. The van der Waals surface area contributed by atoms with Crippen LogP contribution < -0.4 is 0 Å². The molecule has 1 N–H and O–H groups in total. The van der Waals surface area contributed by atoms with Crippen molar-refractivity contribution in [3.8, 4) is 0 Å². The largest absolute Gasteiger partial charge is 0.481 e. The zero-order valence-electron chi connectivity index (χ0n) is 6.27. The summed E-state index contributed by atoms with van der Waals surface area (Å²) in [4.78, 5) is 10.4. The summed E-state index contributed by atoms with van der Waals surface area (Å²) in [5.41, 5.74) is 0. The molecule has 0 aliphatic heterocycles. The van der Waals surface area contributed by atoms with Gasteiger partial charge in [-0.2, -0.15) is 13.2 Å². The van der Waals surface area contributed by atoms with E-state index in [9.17, 15) is 18.0 Å². The predicted octanol–water partition coefficient (Wildman–Crippen LogP) is 2.05. The minimum absolute atomic E-state index is 0.0412. The molecule has 0 saturated heterocycles. The van der Waals surface area contributed by atoms with E-state index in [4.69, 9.17) is 5.11 Å². The quantitative estimate of drug-likeness (QED) is 0.673. The molecule has 2 atom stereocenters. The Morgan fingerprint density at radius 3 is 2.25 bits per heavy atom. The van der Waals surface area contributed by atoms with Crippen LogP contribution in [0, 0.1) is 11.8 Å². The van der Waals surface area contributed by atoms with Crippen LogP contribution in [-0.2, 0) is 4.79 Å². The second-order valence-corrected chi connectivity index (χ2v) is 3.02. The van der Waals surface area contributed by atoms with Crippen LogP contribution in [0.5, 0.6) is 0 Å². The van der Waals surface area contributed by atoms with Crippen LogP contribution in [0.25, 0.3) is 0 Å². The summed E-state index contributed by atoms with van der Waals surface area (Å²) in [5.74, 6) is -4.17. The first kappa shape index (κ1) is 9.35. The molecular weight excluding hydrogens is 173 g/mol. The number of rotatable bonds is 1. The Bertz CT molecular complexity index is 188. The van der Waals surface area contributed by atoms with Crippen molar-refractivity contribution in [1.29, 1.82) is 0 Å². The normalized spacial score (nSPS) is 30.6. The molecule has 0 bridgehead atoms. The number of alkyl halides is 3. The summed E-state index contributed by atoms with van der Waals surface area (Å²) in [7, 11) is 0. The lowest BCUT2D eigenvalue weighted by atomic mass is 9.96. The van der Waals surface area contributed by atoms with E-state index >= 15 is 0 Å². The minimum Gasteiger partial charge on any atom is -0.481 e. The molecule has 0 unspecified atom stereocenters. The van der Waals surface area contributed by atoms with Gasteiger partial charge in [0.2, 0.25) is 0 Å². The predicted molar refractivity (Wildman–Crippen MR) is 34.5 cm³/mol. The first-order valence-corrected chi connectivity index (χ1v) is 3.72. The Kier molecular flexibility index (Phi) is 2.30. The monoisotopic (exact) mass is 182 g/mol. The number of hydrogen-bond donors (Lipinski definition) is 1. The van der Waals surface area contributed by atoms with Crippen molar-refractivity contribution in [2.75, 3.05) is 0 Å². The minimum atomic E-state index is -4.35.